The second-order valence-corrected chi connectivity index (χ2v) is 20.7. The zero-order valence-electron chi connectivity index (χ0n) is 34.2. The van der Waals surface area contributed by atoms with Gasteiger partial charge in [0.2, 0.25) is 5.91 Å². The summed E-state index contributed by atoms with van der Waals surface area (Å²) in [6, 6.07) is 7.57. The molecular weight excluding hydrogens is 682 g/mol. The SMILES string of the molecule is CC(C)C1=C2[C@](/C=C/C(=O)N[C@@H](C)c3cccc(Cl)c3)(CC1)CC[C@H]1[C@]3(C)CC[C@H]4C(C)(C)[C@@H](OC(=O)CC(C)(C)C(=O)O)CC[C@]4(C)[C@H]3CC[C@]21C. The molecule has 0 unspecified atom stereocenters. The summed E-state index contributed by atoms with van der Waals surface area (Å²) in [6.07, 6.45) is 14.8. The highest BCUT2D eigenvalue weighted by molar-refractivity contribution is 6.30. The van der Waals surface area contributed by atoms with Crippen molar-refractivity contribution in [1.29, 1.82) is 0 Å². The number of carboxylic acid groups (broad SMARTS) is 1. The molecule has 0 aromatic heterocycles. The van der Waals surface area contributed by atoms with Crippen LogP contribution in [-0.2, 0) is 19.1 Å². The first-order chi connectivity index (χ1) is 24.6. The molecule has 4 saturated carbocycles. The molecule has 1 aromatic carbocycles. The Balaban J connectivity index is 1.24. The maximum atomic E-state index is 13.5. The van der Waals surface area contributed by atoms with Crippen LogP contribution in [0.15, 0.2) is 47.6 Å². The highest BCUT2D eigenvalue weighted by Gasteiger charge is 2.68. The summed E-state index contributed by atoms with van der Waals surface area (Å²) in [5, 5.41) is 13.5. The number of allylic oxidation sites excluding steroid dienone is 3. The molecule has 7 heteroatoms. The van der Waals surface area contributed by atoms with Gasteiger partial charge in [0.1, 0.15) is 6.10 Å². The number of fused-ring (bicyclic) bond motifs is 7. The summed E-state index contributed by atoms with van der Waals surface area (Å²) in [5.74, 6) is 0.636. The van der Waals surface area contributed by atoms with Crippen LogP contribution in [0.25, 0.3) is 0 Å². The Morgan fingerprint density at radius 1 is 0.925 bits per heavy atom. The summed E-state index contributed by atoms with van der Waals surface area (Å²) in [6.45, 7) is 22.3. The predicted octanol–water partition coefficient (Wildman–Crippen LogP) is 11.3. The third kappa shape index (κ3) is 6.73. The van der Waals surface area contributed by atoms with E-state index >= 15 is 0 Å². The zero-order valence-corrected chi connectivity index (χ0v) is 34.9. The second kappa shape index (κ2) is 13.9. The molecule has 1 aromatic rings. The van der Waals surface area contributed by atoms with E-state index < -0.39 is 17.4 Å². The van der Waals surface area contributed by atoms with Gasteiger partial charge in [0, 0.05) is 15.9 Å². The quantitative estimate of drug-likeness (QED) is 0.149. The molecule has 5 aliphatic rings. The lowest BCUT2D eigenvalue weighted by Gasteiger charge is -2.71. The van der Waals surface area contributed by atoms with Gasteiger partial charge in [-0.1, -0.05) is 89.4 Å². The van der Waals surface area contributed by atoms with Crippen molar-refractivity contribution in [2.24, 2.45) is 56.2 Å². The van der Waals surface area contributed by atoms with E-state index in [1.54, 1.807) is 25.0 Å². The Bertz CT molecular complexity index is 1690. The second-order valence-electron chi connectivity index (χ2n) is 20.2. The van der Waals surface area contributed by atoms with Crippen molar-refractivity contribution < 1.29 is 24.2 Å². The summed E-state index contributed by atoms with van der Waals surface area (Å²) >= 11 is 6.25. The number of halogens is 1. The molecule has 0 spiro atoms. The van der Waals surface area contributed by atoms with E-state index in [0.717, 1.165) is 44.1 Å². The molecule has 9 atom stereocenters. The largest absolute Gasteiger partial charge is 0.481 e. The Hall–Kier alpha value is -2.60. The number of ether oxygens (including phenoxy) is 1. The van der Waals surface area contributed by atoms with Crippen LogP contribution >= 0.6 is 11.6 Å². The van der Waals surface area contributed by atoms with Gasteiger partial charge < -0.3 is 15.2 Å². The monoisotopic (exact) mass is 747 g/mol. The molecule has 2 N–H and O–H groups in total. The fourth-order valence-corrected chi connectivity index (χ4v) is 13.7. The highest BCUT2D eigenvalue weighted by Crippen LogP contribution is 2.76. The molecule has 1 amide bonds. The highest BCUT2D eigenvalue weighted by atomic mass is 35.5. The minimum absolute atomic E-state index is 0.0483. The van der Waals surface area contributed by atoms with Crippen molar-refractivity contribution >= 4 is 29.4 Å². The molecule has 6 nitrogen and oxygen atoms in total. The van der Waals surface area contributed by atoms with E-state index in [-0.39, 0.29) is 51.5 Å². The maximum absolute atomic E-state index is 13.5. The number of benzene rings is 1. The van der Waals surface area contributed by atoms with Crippen molar-refractivity contribution in [3.63, 3.8) is 0 Å². The van der Waals surface area contributed by atoms with Crippen molar-refractivity contribution in [3.8, 4) is 0 Å². The Labute approximate surface area is 324 Å². The van der Waals surface area contributed by atoms with Gasteiger partial charge in [0.05, 0.1) is 17.9 Å². The van der Waals surface area contributed by atoms with E-state index in [1.165, 1.54) is 25.7 Å². The lowest BCUT2D eigenvalue weighted by molar-refractivity contribution is -0.221. The van der Waals surface area contributed by atoms with E-state index in [4.69, 9.17) is 16.3 Å². The van der Waals surface area contributed by atoms with E-state index in [1.807, 2.05) is 37.3 Å². The smallest absolute Gasteiger partial charge is 0.309 e. The van der Waals surface area contributed by atoms with Gasteiger partial charge in [-0.25, -0.2) is 0 Å². The molecule has 5 aliphatic carbocycles. The summed E-state index contributed by atoms with van der Waals surface area (Å²) in [4.78, 5) is 38.3. The number of carbonyl (C=O) groups excluding carboxylic acids is 2. The lowest BCUT2D eigenvalue weighted by atomic mass is 9.34. The zero-order chi connectivity index (χ0) is 38.9. The Kier molecular flexibility index (Phi) is 10.5. The number of amides is 1. The van der Waals surface area contributed by atoms with Crippen molar-refractivity contribution in [3.05, 3.63) is 58.1 Å². The average Bonchev–Trinajstić information content (AvgIpc) is 3.46. The minimum atomic E-state index is -1.15. The number of hydrogen-bond donors (Lipinski definition) is 2. The number of aliphatic carboxylic acids is 1. The van der Waals surface area contributed by atoms with Gasteiger partial charge in [-0.2, -0.15) is 0 Å². The van der Waals surface area contributed by atoms with Crippen LogP contribution in [0, 0.1) is 56.2 Å². The maximum Gasteiger partial charge on any atom is 0.309 e. The van der Waals surface area contributed by atoms with Crippen LogP contribution in [-0.4, -0.2) is 29.1 Å². The van der Waals surface area contributed by atoms with Crippen LogP contribution in [0.5, 0.6) is 0 Å². The Morgan fingerprint density at radius 3 is 2.23 bits per heavy atom. The molecule has 53 heavy (non-hydrogen) atoms. The van der Waals surface area contributed by atoms with Crippen LogP contribution in [0.4, 0.5) is 0 Å². The molecule has 292 valence electrons. The van der Waals surface area contributed by atoms with Crippen LogP contribution in [0.3, 0.4) is 0 Å². The van der Waals surface area contributed by atoms with Crippen LogP contribution < -0.4 is 5.32 Å². The van der Waals surface area contributed by atoms with Gasteiger partial charge in [-0.3, -0.25) is 14.4 Å². The summed E-state index contributed by atoms with van der Waals surface area (Å²) in [7, 11) is 0. The number of carboxylic acids is 1. The third-order valence-corrected chi connectivity index (χ3v) is 16.3. The molecule has 0 saturated heterocycles. The number of rotatable bonds is 9. The van der Waals surface area contributed by atoms with E-state index in [2.05, 4.69) is 59.9 Å². The summed E-state index contributed by atoms with van der Waals surface area (Å²) in [5.41, 5.74) is 3.28. The average molecular weight is 748 g/mol. The van der Waals surface area contributed by atoms with Crippen molar-refractivity contribution in [1.82, 2.24) is 5.32 Å². The van der Waals surface area contributed by atoms with Crippen molar-refractivity contribution in [2.45, 2.75) is 152 Å². The number of nitrogens with one attached hydrogen (secondary N) is 1. The molecule has 0 heterocycles. The fraction of sp³-hybridized carbons (Fsp3) is 0.717. The first-order valence-corrected chi connectivity index (χ1v) is 20.9. The van der Waals surface area contributed by atoms with E-state index in [0.29, 0.717) is 28.7 Å². The van der Waals surface area contributed by atoms with Gasteiger partial charge in [0.25, 0.3) is 0 Å². The normalized spacial score (nSPS) is 37.0. The van der Waals surface area contributed by atoms with Crippen LogP contribution in [0.2, 0.25) is 5.02 Å². The van der Waals surface area contributed by atoms with E-state index in [9.17, 15) is 19.5 Å². The summed E-state index contributed by atoms with van der Waals surface area (Å²) < 4.78 is 6.18. The predicted molar refractivity (Wildman–Crippen MR) is 212 cm³/mol. The number of esters is 1. The number of carbonyl (C=O) groups is 3. The Morgan fingerprint density at radius 2 is 1.57 bits per heavy atom. The number of hydrogen-bond acceptors (Lipinski definition) is 4. The van der Waals surface area contributed by atoms with Crippen LogP contribution in [0.1, 0.15) is 151 Å². The lowest BCUT2D eigenvalue weighted by Crippen LogP contribution is -2.64. The molecular formula is C46H66ClNO5. The van der Waals surface area contributed by atoms with Crippen molar-refractivity contribution in [2.75, 3.05) is 0 Å². The molecule has 0 radical (unpaired) electrons. The molecule has 6 rings (SSSR count). The minimum Gasteiger partial charge on any atom is -0.481 e. The van der Waals surface area contributed by atoms with Gasteiger partial charge in [0.15, 0.2) is 0 Å². The van der Waals surface area contributed by atoms with Gasteiger partial charge in [-0.15, -0.1) is 0 Å². The third-order valence-electron chi connectivity index (χ3n) is 16.1. The van der Waals surface area contributed by atoms with Gasteiger partial charge >= 0.3 is 11.9 Å². The fourth-order valence-electron chi connectivity index (χ4n) is 13.5. The van der Waals surface area contributed by atoms with Gasteiger partial charge in [-0.05, 0) is 149 Å². The molecule has 0 aliphatic heterocycles. The standard InChI is InChI=1S/C46H66ClNO5/c1-28(2)32-14-23-46(25-19-37(49)48-29(3)30-12-11-13-31(47)26-30)24-17-35-44(9)20-15-33-42(6,7)36(53-38(50)27-41(4,5)40(51)52)18-22-43(33,8)34(44)16-21-45(35,10)39(32)46/h11-13,19,25-26,28-29,33-36H,14-18,20-24,27H2,1-10H3,(H,48,49)(H,51,52)/b25-19+/t29-,33-,34+,35-,36-,43-,44+,45-,46+/m0/s1. The molecule has 0 bridgehead atoms. The first kappa shape index (κ1) is 40.1. The molecule has 4 fully saturated rings. The first-order valence-electron chi connectivity index (χ1n) is 20.5. The topological polar surface area (TPSA) is 92.7 Å².